The number of hydrogen-bond donors (Lipinski definition) is 2. The Balaban J connectivity index is 1.35. The number of aromatic nitrogens is 2. The second-order valence-corrected chi connectivity index (χ2v) is 9.74. The first-order chi connectivity index (χ1) is 17.8. The summed E-state index contributed by atoms with van der Waals surface area (Å²) in [6, 6.07) is 9.44. The van der Waals surface area contributed by atoms with E-state index in [0.29, 0.717) is 25.1 Å². The van der Waals surface area contributed by atoms with Crippen LogP contribution in [0, 0.1) is 23.4 Å². The van der Waals surface area contributed by atoms with Crippen molar-refractivity contribution in [1.82, 2.24) is 14.9 Å². The van der Waals surface area contributed by atoms with Crippen molar-refractivity contribution in [2.24, 2.45) is 5.92 Å². The zero-order valence-electron chi connectivity index (χ0n) is 20.2. The number of anilines is 1. The topological polar surface area (TPSA) is 87.5 Å². The lowest BCUT2D eigenvalue weighted by Crippen LogP contribution is -2.47. The molecular weight excluding hydrogens is 505 g/mol. The largest absolute Gasteiger partial charge is 0.480 e. The third-order valence-electron chi connectivity index (χ3n) is 6.43. The number of benzene rings is 2. The van der Waals surface area contributed by atoms with Gasteiger partial charge in [0.2, 0.25) is 5.91 Å². The number of carbonyl (C=O) groups is 2. The lowest BCUT2D eigenvalue weighted by molar-refractivity contribution is -0.142. The monoisotopic (exact) mass is 532 g/mol. The van der Waals surface area contributed by atoms with Crippen molar-refractivity contribution in [3.63, 3.8) is 0 Å². The van der Waals surface area contributed by atoms with Gasteiger partial charge >= 0.3 is 5.97 Å². The van der Waals surface area contributed by atoms with Crippen LogP contribution in [0.4, 0.5) is 18.9 Å². The van der Waals surface area contributed by atoms with Crippen molar-refractivity contribution in [1.29, 1.82) is 0 Å². The molecule has 1 aromatic heterocycles. The number of aliphatic carboxylic acids is 1. The van der Waals surface area contributed by atoms with E-state index >= 15 is 0 Å². The summed E-state index contributed by atoms with van der Waals surface area (Å²) < 4.78 is 44.4. The van der Waals surface area contributed by atoms with E-state index in [1.165, 1.54) is 6.26 Å². The molecule has 7 nitrogen and oxygen atoms in total. The lowest BCUT2D eigenvalue weighted by Gasteiger charge is -2.34. The smallest absolute Gasteiger partial charge is 0.326 e. The Labute approximate surface area is 216 Å². The standard InChI is InChI=1S/C26H27F3N4O3S/c1-37-24-22(28)19(27)12-21(23(24)29)33-9-7-17(8-10-33)25(34)31-20(26(35)36)11-18-14-32(15-30-18)13-16-5-3-2-4-6-16/h2-6,12,14-15,17,20H,7-11,13H2,1H3,(H,31,34)(H,35,36). The number of piperidine rings is 1. The highest BCUT2D eigenvalue weighted by Crippen LogP contribution is 2.34. The van der Waals surface area contributed by atoms with E-state index in [0.717, 1.165) is 23.4 Å². The molecule has 4 rings (SSSR count). The van der Waals surface area contributed by atoms with E-state index in [1.807, 2.05) is 34.9 Å². The summed E-state index contributed by atoms with van der Waals surface area (Å²) in [6.45, 7) is 1.08. The molecule has 1 atom stereocenters. The summed E-state index contributed by atoms with van der Waals surface area (Å²) in [7, 11) is 0. The molecular formula is C26H27F3N4O3S. The van der Waals surface area contributed by atoms with Gasteiger partial charge in [0, 0.05) is 44.2 Å². The highest BCUT2D eigenvalue weighted by Gasteiger charge is 2.31. The van der Waals surface area contributed by atoms with Gasteiger partial charge in [-0.05, 0) is 24.7 Å². The first-order valence-corrected chi connectivity index (χ1v) is 13.0. The van der Waals surface area contributed by atoms with Crippen LogP contribution in [0.15, 0.2) is 53.8 Å². The Morgan fingerprint density at radius 1 is 1.16 bits per heavy atom. The summed E-state index contributed by atoms with van der Waals surface area (Å²) in [5.41, 5.74) is 1.57. The molecule has 0 spiro atoms. The Bertz CT molecular complexity index is 1260. The quantitative estimate of drug-likeness (QED) is 0.319. The van der Waals surface area contributed by atoms with E-state index < -0.39 is 41.3 Å². The molecule has 1 aliphatic rings. The van der Waals surface area contributed by atoms with Gasteiger partial charge in [-0.2, -0.15) is 0 Å². The Morgan fingerprint density at radius 3 is 2.51 bits per heavy atom. The van der Waals surface area contributed by atoms with Crippen LogP contribution in [0.5, 0.6) is 0 Å². The number of hydrogen-bond acceptors (Lipinski definition) is 5. The zero-order chi connectivity index (χ0) is 26.5. The average Bonchev–Trinajstić information content (AvgIpc) is 3.33. The Hall–Kier alpha value is -3.47. The predicted molar refractivity (Wildman–Crippen MR) is 134 cm³/mol. The van der Waals surface area contributed by atoms with E-state index in [1.54, 1.807) is 17.4 Å². The van der Waals surface area contributed by atoms with Crippen molar-refractivity contribution in [2.45, 2.75) is 36.7 Å². The number of carbonyl (C=O) groups excluding carboxylic acids is 1. The highest BCUT2D eigenvalue weighted by atomic mass is 32.2. The number of nitrogens with zero attached hydrogens (tertiary/aromatic N) is 3. The number of halogens is 3. The van der Waals surface area contributed by atoms with Crippen molar-refractivity contribution in [3.05, 3.63) is 77.6 Å². The van der Waals surface area contributed by atoms with Crippen LogP contribution in [0.1, 0.15) is 24.1 Å². The zero-order valence-corrected chi connectivity index (χ0v) is 21.0. The number of thioether (sulfide) groups is 1. The average molecular weight is 533 g/mol. The summed E-state index contributed by atoms with van der Waals surface area (Å²) in [4.78, 5) is 30.2. The van der Waals surface area contributed by atoms with Gasteiger partial charge in [0.15, 0.2) is 17.5 Å². The van der Waals surface area contributed by atoms with Gasteiger partial charge in [-0.1, -0.05) is 30.3 Å². The SMILES string of the molecule is CSc1c(F)c(F)cc(N2CCC(C(=O)NC(Cc3cn(Cc4ccccc4)cn3)C(=O)O)CC2)c1F. The third-order valence-corrected chi connectivity index (χ3v) is 7.20. The number of nitrogens with one attached hydrogen (secondary N) is 1. The van der Waals surface area contributed by atoms with Crippen LogP contribution >= 0.6 is 11.8 Å². The molecule has 1 fully saturated rings. The Morgan fingerprint density at radius 2 is 1.86 bits per heavy atom. The molecule has 2 heterocycles. The van der Waals surface area contributed by atoms with E-state index in [2.05, 4.69) is 10.3 Å². The van der Waals surface area contributed by atoms with Crippen LogP contribution in [-0.2, 0) is 22.6 Å². The predicted octanol–water partition coefficient (Wildman–Crippen LogP) is 4.10. The summed E-state index contributed by atoms with van der Waals surface area (Å²) >= 11 is 0.789. The molecule has 2 aromatic carbocycles. The maximum atomic E-state index is 14.7. The first kappa shape index (κ1) is 26.6. The molecule has 2 N–H and O–H groups in total. The van der Waals surface area contributed by atoms with Crippen LogP contribution in [0.3, 0.4) is 0 Å². The Kier molecular flexibility index (Phi) is 8.42. The minimum atomic E-state index is -1.22. The van der Waals surface area contributed by atoms with Crippen molar-refractivity contribution in [2.75, 3.05) is 24.2 Å². The molecule has 0 radical (unpaired) electrons. The van der Waals surface area contributed by atoms with Gasteiger partial charge in [-0.3, -0.25) is 4.79 Å². The maximum absolute atomic E-state index is 14.7. The number of carboxylic acid groups (broad SMARTS) is 1. The summed E-state index contributed by atoms with van der Waals surface area (Å²) in [5.74, 6) is -5.24. The molecule has 1 unspecified atom stereocenters. The van der Waals surface area contributed by atoms with Crippen molar-refractivity contribution < 1.29 is 27.9 Å². The van der Waals surface area contributed by atoms with E-state index in [9.17, 15) is 27.9 Å². The normalized spacial score (nSPS) is 15.0. The molecule has 1 aliphatic heterocycles. The van der Waals surface area contributed by atoms with Crippen molar-refractivity contribution in [3.8, 4) is 0 Å². The fourth-order valence-corrected chi connectivity index (χ4v) is 5.01. The molecule has 37 heavy (non-hydrogen) atoms. The molecule has 0 aliphatic carbocycles. The molecule has 0 bridgehead atoms. The van der Waals surface area contributed by atoms with Gasteiger partial charge in [-0.15, -0.1) is 11.8 Å². The van der Waals surface area contributed by atoms with Gasteiger partial charge in [-0.25, -0.2) is 22.9 Å². The minimum absolute atomic E-state index is 0.0270. The van der Waals surface area contributed by atoms with Gasteiger partial charge < -0.3 is 19.9 Å². The van der Waals surface area contributed by atoms with Crippen LogP contribution in [0.2, 0.25) is 0 Å². The molecule has 1 saturated heterocycles. The fourth-order valence-electron chi connectivity index (χ4n) is 4.45. The van der Waals surface area contributed by atoms with Crippen molar-refractivity contribution >= 4 is 29.3 Å². The molecule has 196 valence electrons. The van der Waals surface area contributed by atoms with E-state index in [-0.39, 0.29) is 30.1 Å². The summed E-state index contributed by atoms with van der Waals surface area (Å²) in [6.07, 6.45) is 5.51. The second-order valence-electron chi connectivity index (χ2n) is 8.93. The number of rotatable bonds is 9. The first-order valence-electron chi connectivity index (χ1n) is 11.8. The van der Waals surface area contributed by atoms with Gasteiger partial charge in [0.25, 0.3) is 0 Å². The fraction of sp³-hybridized carbons (Fsp3) is 0.346. The molecule has 1 amide bonds. The molecule has 0 saturated carbocycles. The number of amides is 1. The number of carboxylic acids is 1. The van der Waals surface area contributed by atoms with E-state index in [4.69, 9.17) is 0 Å². The summed E-state index contributed by atoms with van der Waals surface area (Å²) in [5, 5.41) is 12.3. The number of imidazole rings is 1. The minimum Gasteiger partial charge on any atom is -0.480 e. The third kappa shape index (κ3) is 6.27. The van der Waals surface area contributed by atoms with Crippen LogP contribution < -0.4 is 10.2 Å². The van der Waals surface area contributed by atoms with Crippen LogP contribution in [-0.4, -0.2) is 51.9 Å². The second kappa shape index (κ2) is 11.7. The highest BCUT2D eigenvalue weighted by molar-refractivity contribution is 7.98. The van der Waals surface area contributed by atoms with Crippen LogP contribution in [0.25, 0.3) is 0 Å². The lowest BCUT2D eigenvalue weighted by atomic mass is 9.94. The molecule has 11 heteroatoms. The maximum Gasteiger partial charge on any atom is 0.326 e. The van der Waals surface area contributed by atoms with Gasteiger partial charge in [0.1, 0.15) is 6.04 Å². The van der Waals surface area contributed by atoms with Gasteiger partial charge in [0.05, 0.1) is 22.6 Å². The molecule has 3 aromatic rings.